The fraction of sp³-hybridized carbons (Fsp3) is 0.200. The standard InChI is InChI=1S/C15H16FNO2S2/c1-17-10-13-14(16)4-3-5-15(13)20-11-6-8-12(9-7-11)21(2,18)19/h3-9,17H,10H2,1-2H3. The molecule has 0 heterocycles. The maximum absolute atomic E-state index is 13.8. The number of rotatable bonds is 5. The van der Waals surface area contributed by atoms with Crippen LogP contribution in [0.4, 0.5) is 4.39 Å². The van der Waals surface area contributed by atoms with Gasteiger partial charge in [0, 0.05) is 28.2 Å². The van der Waals surface area contributed by atoms with E-state index in [4.69, 9.17) is 0 Å². The molecule has 112 valence electrons. The van der Waals surface area contributed by atoms with Crippen LogP contribution in [0.5, 0.6) is 0 Å². The summed E-state index contributed by atoms with van der Waals surface area (Å²) in [6, 6.07) is 11.5. The van der Waals surface area contributed by atoms with Gasteiger partial charge >= 0.3 is 0 Å². The van der Waals surface area contributed by atoms with E-state index in [1.807, 2.05) is 6.07 Å². The third-order valence-electron chi connectivity index (χ3n) is 2.91. The van der Waals surface area contributed by atoms with Crippen LogP contribution in [0, 0.1) is 5.82 Å². The first kappa shape index (κ1) is 16.0. The first-order valence-electron chi connectivity index (χ1n) is 6.32. The van der Waals surface area contributed by atoms with Gasteiger partial charge in [-0.15, -0.1) is 0 Å². The van der Waals surface area contributed by atoms with E-state index in [-0.39, 0.29) is 10.7 Å². The lowest BCUT2D eigenvalue weighted by Crippen LogP contribution is -2.08. The molecule has 0 aliphatic heterocycles. The number of hydrogen-bond donors (Lipinski definition) is 1. The molecule has 0 aromatic heterocycles. The molecule has 0 amide bonds. The first-order chi connectivity index (χ1) is 9.91. The molecule has 6 heteroatoms. The minimum atomic E-state index is -3.20. The van der Waals surface area contributed by atoms with Gasteiger partial charge in [0.1, 0.15) is 5.82 Å². The zero-order valence-corrected chi connectivity index (χ0v) is 13.4. The number of benzene rings is 2. The molecule has 0 saturated heterocycles. The van der Waals surface area contributed by atoms with Crippen LogP contribution < -0.4 is 5.32 Å². The molecule has 0 fully saturated rings. The lowest BCUT2D eigenvalue weighted by atomic mass is 10.2. The monoisotopic (exact) mass is 325 g/mol. The van der Waals surface area contributed by atoms with Gasteiger partial charge in [0.15, 0.2) is 9.84 Å². The normalized spacial score (nSPS) is 11.6. The quantitative estimate of drug-likeness (QED) is 0.917. The highest BCUT2D eigenvalue weighted by Crippen LogP contribution is 2.32. The predicted octanol–water partition coefficient (Wildman–Crippen LogP) is 3.10. The van der Waals surface area contributed by atoms with Crippen molar-refractivity contribution in [3.63, 3.8) is 0 Å². The Hall–Kier alpha value is -1.37. The van der Waals surface area contributed by atoms with Gasteiger partial charge in [0.05, 0.1) is 4.90 Å². The molecule has 2 aromatic rings. The smallest absolute Gasteiger partial charge is 0.175 e. The van der Waals surface area contributed by atoms with Gasteiger partial charge in [0.2, 0.25) is 0 Å². The molecule has 2 aromatic carbocycles. The van der Waals surface area contributed by atoms with Crippen LogP contribution in [0.1, 0.15) is 5.56 Å². The highest BCUT2D eigenvalue weighted by atomic mass is 32.2. The molecule has 3 nitrogen and oxygen atoms in total. The Morgan fingerprint density at radius 3 is 2.38 bits per heavy atom. The number of sulfone groups is 1. The molecule has 0 unspecified atom stereocenters. The molecular formula is C15H16FNO2S2. The van der Waals surface area contributed by atoms with Crippen molar-refractivity contribution in [2.75, 3.05) is 13.3 Å². The minimum Gasteiger partial charge on any atom is -0.316 e. The summed E-state index contributed by atoms with van der Waals surface area (Å²) in [5.74, 6) is -0.248. The lowest BCUT2D eigenvalue weighted by molar-refractivity contribution is 0.594. The van der Waals surface area contributed by atoms with Crippen molar-refractivity contribution >= 4 is 21.6 Å². The van der Waals surface area contributed by atoms with Gasteiger partial charge < -0.3 is 5.32 Å². The Kier molecular flexibility index (Phi) is 5.03. The van der Waals surface area contributed by atoms with Crippen LogP contribution in [-0.2, 0) is 16.4 Å². The fourth-order valence-corrected chi connectivity index (χ4v) is 3.46. The lowest BCUT2D eigenvalue weighted by Gasteiger charge is -2.10. The van der Waals surface area contributed by atoms with Gasteiger partial charge in [-0.1, -0.05) is 17.8 Å². The molecule has 0 saturated carbocycles. The Labute approximate surface area is 128 Å². The van der Waals surface area contributed by atoms with E-state index < -0.39 is 9.84 Å². The largest absolute Gasteiger partial charge is 0.316 e. The summed E-state index contributed by atoms with van der Waals surface area (Å²) >= 11 is 1.41. The summed E-state index contributed by atoms with van der Waals surface area (Å²) in [5.41, 5.74) is 0.609. The highest BCUT2D eigenvalue weighted by molar-refractivity contribution is 7.99. The summed E-state index contributed by atoms with van der Waals surface area (Å²) in [6.07, 6.45) is 1.17. The maximum atomic E-state index is 13.8. The van der Waals surface area contributed by atoms with E-state index in [0.717, 1.165) is 9.79 Å². The average Bonchev–Trinajstić information content (AvgIpc) is 2.42. The van der Waals surface area contributed by atoms with E-state index in [1.54, 1.807) is 37.4 Å². The fourth-order valence-electron chi connectivity index (χ4n) is 1.86. The van der Waals surface area contributed by atoms with Crippen LogP contribution in [0.2, 0.25) is 0 Å². The van der Waals surface area contributed by atoms with E-state index in [0.29, 0.717) is 12.1 Å². The average molecular weight is 325 g/mol. The molecular weight excluding hydrogens is 309 g/mol. The van der Waals surface area contributed by atoms with Gasteiger partial charge in [-0.3, -0.25) is 0 Å². The summed E-state index contributed by atoms with van der Waals surface area (Å²) in [6.45, 7) is 0.441. The molecule has 0 atom stereocenters. The Balaban J connectivity index is 2.28. The SMILES string of the molecule is CNCc1c(F)cccc1Sc1ccc(S(C)(=O)=O)cc1. The molecule has 0 spiro atoms. The van der Waals surface area contributed by atoms with Gasteiger partial charge in [-0.2, -0.15) is 0 Å². The van der Waals surface area contributed by atoms with Gasteiger partial charge in [0.25, 0.3) is 0 Å². The summed E-state index contributed by atoms with van der Waals surface area (Å²) < 4.78 is 36.7. The van der Waals surface area contributed by atoms with E-state index in [2.05, 4.69) is 5.32 Å². The van der Waals surface area contributed by atoms with Crippen molar-refractivity contribution in [2.24, 2.45) is 0 Å². The second-order valence-corrected chi connectivity index (χ2v) is 7.72. The van der Waals surface area contributed by atoms with E-state index in [9.17, 15) is 12.8 Å². The Morgan fingerprint density at radius 1 is 1.14 bits per heavy atom. The number of halogens is 1. The van der Waals surface area contributed by atoms with Crippen LogP contribution in [0.3, 0.4) is 0 Å². The molecule has 0 aliphatic carbocycles. The van der Waals surface area contributed by atoms with Crippen molar-refractivity contribution < 1.29 is 12.8 Å². The first-order valence-corrected chi connectivity index (χ1v) is 9.02. The Morgan fingerprint density at radius 2 is 1.81 bits per heavy atom. The van der Waals surface area contributed by atoms with E-state index >= 15 is 0 Å². The molecule has 0 aliphatic rings. The topological polar surface area (TPSA) is 46.2 Å². The van der Waals surface area contributed by atoms with Crippen molar-refractivity contribution in [3.05, 3.63) is 53.8 Å². The Bertz CT molecular complexity index is 728. The summed E-state index contributed by atoms with van der Waals surface area (Å²) in [4.78, 5) is 1.96. The van der Waals surface area contributed by atoms with Crippen LogP contribution >= 0.6 is 11.8 Å². The molecule has 0 bridgehead atoms. The maximum Gasteiger partial charge on any atom is 0.175 e. The molecule has 21 heavy (non-hydrogen) atoms. The molecule has 0 radical (unpaired) electrons. The third-order valence-corrected chi connectivity index (χ3v) is 5.15. The number of nitrogens with one attached hydrogen (secondary N) is 1. The zero-order chi connectivity index (χ0) is 15.5. The second-order valence-electron chi connectivity index (χ2n) is 4.59. The van der Waals surface area contributed by atoms with Crippen molar-refractivity contribution in [2.45, 2.75) is 21.2 Å². The molecule has 1 N–H and O–H groups in total. The van der Waals surface area contributed by atoms with Crippen molar-refractivity contribution in [3.8, 4) is 0 Å². The predicted molar refractivity (Wildman–Crippen MR) is 82.8 cm³/mol. The zero-order valence-electron chi connectivity index (χ0n) is 11.8. The number of hydrogen-bond acceptors (Lipinski definition) is 4. The van der Waals surface area contributed by atoms with Crippen LogP contribution in [-0.4, -0.2) is 21.7 Å². The summed E-state index contributed by atoms with van der Waals surface area (Å²) in [7, 11) is -1.43. The van der Waals surface area contributed by atoms with Gasteiger partial charge in [-0.25, -0.2) is 12.8 Å². The second kappa shape index (κ2) is 6.60. The van der Waals surface area contributed by atoms with Crippen molar-refractivity contribution in [1.29, 1.82) is 0 Å². The summed E-state index contributed by atoms with van der Waals surface area (Å²) in [5, 5.41) is 2.95. The van der Waals surface area contributed by atoms with E-state index in [1.165, 1.54) is 24.1 Å². The van der Waals surface area contributed by atoms with Crippen molar-refractivity contribution in [1.82, 2.24) is 5.32 Å². The van der Waals surface area contributed by atoms with Crippen LogP contribution in [0.25, 0.3) is 0 Å². The minimum absolute atomic E-state index is 0.248. The third kappa shape index (κ3) is 4.06. The van der Waals surface area contributed by atoms with Gasteiger partial charge in [-0.05, 0) is 43.4 Å². The van der Waals surface area contributed by atoms with Crippen LogP contribution in [0.15, 0.2) is 57.2 Å². The molecule has 2 rings (SSSR count). The highest BCUT2D eigenvalue weighted by Gasteiger charge is 2.10.